The van der Waals surface area contributed by atoms with Gasteiger partial charge in [-0.1, -0.05) is 36.4 Å². The summed E-state index contributed by atoms with van der Waals surface area (Å²) in [6, 6.07) is 17.7. The van der Waals surface area contributed by atoms with Crippen LogP contribution in [0.3, 0.4) is 0 Å². The number of para-hydroxylation sites is 1. The number of fused-ring (bicyclic) bond motifs is 1. The van der Waals surface area contributed by atoms with Crippen LogP contribution in [0.4, 0.5) is 4.79 Å². The van der Waals surface area contributed by atoms with Gasteiger partial charge in [0.1, 0.15) is 0 Å². The summed E-state index contributed by atoms with van der Waals surface area (Å²) in [5.74, 6) is -0.246. The second-order valence-corrected chi connectivity index (χ2v) is 7.42. The summed E-state index contributed by atoms with van der Waals surface area (Å²) >= 11 is 0.975. The van der Waals surface area contributed by atoms with Crippen LogP contribution in [0.2, 0.25) is 0 Å². The number of carbonyl (C=O) groups is 2. The first-order valence-corrected chi connectivity index (χ1v) is 9.75. The molecule has 0 saturated carbocycles. The molecular weight excluding hydrogens is 370 g/mol. The number of nitrogens with zero attached hydrogens (tertiary/aromatic N) is 3. The highest BCUT2D eigenvalue weighted by Gasteiger charge is 2.33. The van der Waals surface area contributed by atoms with Crippen molar-refractivity contribution in [1.29, 1.82) is 5.26 Å². The zero-order chi connectivity index (χ0) is 19.7. The zero-order valence-electron chi connectivity index (χ0n) is 15.3. The molecule has 1 aliphatic heterocycles. The van der Waals surface area contributed by atoms with Gasteiger partial charge in [-0.2, -0.15) is 5.26 Å². The number of hydrogen-bond acceptors (Lipinski definition) is 4. The van der Waals surface area contributed by atoms with Gasteiger partial charge in [-0.25, -0.2) is 0 Å². The first kappa shape index (κ1) is 18.1. The lowest BCUT2D eigenvalue weighted by molar-refractivity contribution is -0.122. The van der Waals surface area contributed by atoms with E-state index in [9.17, 15) is 14.9 Å². The molecule has 0 N–H and O–H groups in total. The summed E-state index contributed by atoms with van der Waals surface area (Å²) in [5, 5.41) is 10.1. The third-order valence-electron chi connectivity index (χ3n) is 4.77. The molecule has 2 aromatic carbocycles. The van der Waals surface area contributed by atoms with E-state index in [0.717, 1.165) is 33.8 Å². The highest BCUT2D eigenvalue weighted by molar-refractivity contribution is 8.18. The highest BCUT2D eigenvalue weighted by Crippen LogP contribution is 2.34. The molecule has 0 atom stereocenters. The van der Waals surface area contributed by atoms with E-state index >= 15 is 0 Å². The molecule has 1 aliphatic rings. The van der Waals surface area contributed by atoms with E-state index in [1.807, 2.05) is 54.7 Å². The Bertz CT molecular complexity index is 1170. The van der Waals surface area contributed by atoms with Crippen LogP contribution < -0.4 is 0 Å². The van der Waals surface area contributed by atoms with E-state index in [-0.39, 0.29) is 11.1 Å². The molecular formula is C22H17N3O2S. The van der Waals surface area contributed by atoms with Crippen LogP contribution in [-0.2, 0) is 11.3 Å². The number of aromatic nitrogens is 1. The number of rotatable bonds is 4. The van der Waals surface area contributed by atoms with E-state index in [4.69, 9.17) is 0 Å². The highest BCUT2D eigenvalue weighted by atomic mass is 32.2. The van der Waals surface area contributed by atoms with Gasteiger partial charge in [-0.05, 0) is 42.5 Å². The lowest BCUT2D eigenvalue weighted by Gasteiger charge is -2.07. The van der Waals surface area contributed by atoms with E-state index in [2.05, 4.69) is 10.6 Å². The summed E-state index contributed by atoms with van der Waals surface area (Å²) in [5.41, 5.74) is 3.47. The standard InChI is InChI=1S/C22H17N3O2S/c1-2-25-21(26)20(28-22(25)27)11-17-14-24(19-10-6-5-9-18(17)19)13-16-8-4-3-7-15(16)12-23/h3-11,14H,2,13H2,1H3/b20-11+. The minimum atomic E-state index is -0.246. The Labute approximate surface area is 166 Å². The molecule has 0 aliphatic carbocycles. The molecule has 2 amide bonds. The number of likely N-dealkylation sites (N-methyl/N-ethyl adjacent to an activating group) is 1. The maximum Gasteiger partial charge on any atom is 0.293 e. The molecule has 1 fully saturated rings. The maximum absolute atomic E-state index is 12.4. The van der Waals surface area contributed by atoms with Crippen molar-refractivity contribution in [2.45, 2.75) is 13.5 Å². The Morgan fingerprint density at radius 1 is 1.11 bits per heavy atom. The summed E-state index contributed by atoms with van der Waals surface area (Å²) < 4.78 is 2.07. The number of carbonyl (C=O) groups excluding carboxylic acids is 2. The van der Waals surface area contributed by atoms with Crippen LogP contribution in [0.15, 0.2) is 59.6 Å². The fraction of sp³-hybridized carbons (Fsp3) is 0.136. The molecule has 0 spiro atoms. The van der Waals surface area contributed by atoms with E-state index in [0.29, 0.717) is 23.6 Å². The van der Waals surface area contributed by atoms with Crippen molar-refractivity contribution in [3.63, 3.8) is 0 Å². The number of amides is 2. The fourth-order valence-electron chi connectivity index (χ4n) is 3.39. The van der Waals surface area contributed by atoms with Gasteiger partial charge in [-0.3, -0.25) is 14.5 Å². The van der Waals surface area contributed by atoms with E-state index < -0.39 is 0 Å². The van der Waals surface area contributed by atoms with Crippen molar-refractivity contribution < 1.29 is 9.59 Å². The van der Waals surface area contributed by atoms with Crippen molar-refractivity contribution >= 4 is 39.9 Å². The number of nitriles is 1. The Hall–Kier alpha value is -3.30. The van der Waals surface area contributed by atoms with Crippen LogP contribution in [0.5, 0.6) is 0 Å². The van der Waals surface area contributed by atoms with Crippen LogP contribution in [0.25, 0.3) is 17.0 Å². The molecule has 0 radical (unpaired) electrons. The molecule has 5 nitrogen and oxygen atoms in total. The molecule has 0 bridgehead atoms. The summed E-state index contributed by atoms with van der Waals surface area (Å²) in [6.45, 7) is 2.71. The van der Waals surface area contributed by atoms with Crippen molar-refractivity contribution in [2.75, 3.05) is 6.54 Å². The van der Waals surface area contributed by atoms with Crippen LogP contribution >= 0.6 is 11.8 Å². The van der Waals surface area contributed by atoms with Gasteiger partial charge >= 0.3 is 0 Å². The van der Waals surface area contributed by atoms with Gasteiger partial charge in [0.2, 0.25) is 0 Å². The SMILES string of the molecule is CCN1C(=O)S/C(=C/c2cn(Cc3ccccc3C#N)c3ccccc23)C1=O. The van der Waals surface area contributed by atoms with Crippen LogP contribution in [0.1, 0.15) is 23.6 Å². The second kappa shape index (κ2) is 7.37. The van der Waals surface area contributed by atoms with Crippen LogP contribution in [0, 0.1) is 11.3 Å². The Balaban J connectivity index is 1.78. The molecule has 3 aromatic rings. The van der Waals surface area contributed by atoms with E-state index in [1.165, 1.54) is 4.90 Å². The van der Waals surface area contributed by atoms with Gasteiger partial charge in [0.25, 0.3) is 11.1 Å². The first-order chi connectivity index (χ1) is 13.6. The molecule has 1 aromatic heterocycles. The largest absolute Gasteiger partial charge is 0.342 e. The quantitative estimate of drug-likeness (QED) is 0.613. The molecule has 0 unspecified atom stereocenters. The summed E-state index contributed by atoms with van der Waals surface area (Å²) in [4.78, 5) is 26.1. The third-order valence-corrected chi connectivity index (χ3v) is 5.68. The van der Waals surface area contributed by atoms with Gasteiger partial charge in [0, 0.05) is 35.8 Å². The Morgan fingerprint density at radius 2 is 1.86 bits per heavy atom. The topological polar surface area (TPSA) is 66.1 Å². The van der Waals surface area contributed by atoms with Crippen molar-refractivity contribution in [3.8, 4) is 6.07 Å². The second-order valence-electron chi connectivity index (χ2n) is 6.42. The predicted octanol–water partition coefficient (Wildman–Crippen LogP) is 4.62. The van der Waals surface area contributed by atoms with Gasteiger partial charge in [0.15, 0.2) is 0 Å². The zero-order valence-corrected chi connectivity index (χ0v) is 16.1. The lowest BCUT2D eigenvalue weighted by Crippen LogP contribution is -2.27. The van der Waals surface area contributed by atoms with Crippen LogP contribution in [-0.4, -0.2) is 27.2 Å². The molecule has 2 heterocycles. The molecule has 138 valence electrons. The Morgan fingerprint density at radius 3 is 2.61 bits per heavy atom. The van der Waals surface area contributed by atoms with Gasteiger partial charge in [0.05, 0.1) is 16.5 Å². The normalized spacial score (nSPS) is 15.6. The molecule has 6 heteroatoms. The van der Waals surface area contributed by atoms with Gasteiger partial charge in [-0.15, -0.1) is 0 Å². The van der Waals surface area contributed by atoms with E-state index in [1.54, 1.807) is 13.0 Å². The third kappa shape index (κ3) is 3.10. The smallest absolute Gasteiger partial charge is 0.293 e. The molecule has 4 rings (SSSR count). The summed E-state index contributed by atoms with van der Waals surface area (Å²) in [6.07, 6.45) is 3.76. The number of benzene rings is 2. The minimum Gasteiger partial charge on any atom is -0.342 e. The average Bonchev–Trinajstić information content (AvgIpc) is 3.19. The Kier molecular flexibility index (Phi) is 4.76. The minimum absolute atomic E-state index is 0.231. The lowest BCUT2D eigenvalue weighted by atomic mass is 10.1. The van der Waals surface area contributed by atoms with Crippen molar-refractivity contribution in [1.82, 2.24) is 9.47 Å². The number of thioether (sulfide) groups is 1. The molecule has 28 heavy (non-hydrogen) atoms. The van der Waals surface area contributed by atoms with Gasteiger partial charge < -0.3 is 4.57 Å². The predicted molar refractivity (Wildman–Crippen MR) is 111 cm³/mol. The fourth-order valence-corrected chi connectivity index (χ4v) is 4.28. The number of hydrogen-bond donors (Lipinski definition) is 0. The monoisotopic (exact) mass is 387 g/mol. The molecule has 1 saturated heterocycles. The number of imide groups is 1. The average molecular weight is 387 g/mol. The first-order valence-electron chi connectivity index (χ1n) is 8.93. The maximum atomic E-state index is 12.4. The van der Waals surface area contributed by atoms with Crippen molar-refractivity contribution in [2.24, 2.45) is 0 Å². The van der Waals surface area contributed by atoms with Crippen molar-refractivity contribution in [3.05, 3.63) is 76.3 Å². The summed E-state index contributed by atoms with van der Waals surface area (Å²) in [7, 11) is 0.